The molecule has 2 heterocycles. The van der Waals surface area contributed by atoms with Gasteiger partial charge in [0.25, 0.3) is 0 Å². The summed E-state index contributed by atoms with van der Waals surface area (Å²) in [5.74, 6) is 0. The third kappa shape index (κ3) is 5.55. The lowest BCUT2D eigenvalue weighted by atomic mass is 9.73. The van der Waals surface area contributed by atoms with Gasteiger partial charge in [0.05, 0.1) is 0 Å². The molecule has 150 valence electrons. The number of pyridine rings is 1. The van der Waals surface area contributed by atoms with Crippen LogP contribution in [-0.2, 0) is 16.7 Å². The Balaban J connectivity index is 1.66. The van der Waals surface area contributed by atoms with Crippen molar-refractivity contribution in [1.29, 1.82) is 0 Å². The summed E-state index contributed by atoms with van der Waals surface area (Å²) in [6.45, 7) is 9.17. The SMILES string of the molecule is CC(C)(C)OC(=O)NCC1(c2ccncc2)CCN(Cc2ccccc2)CC1. The van der Waals surface area contributed by atoms with Crippen molar-refractivity contribution in [3.63, 3.8) is 0 Å². The number of likely N-dealkylation sites (tertiary alicyclic amines) is 1. The molecule has 2 aromatic rings. The largest absolute Gasteiger partial charge is 0.444 e. The number of nitrogens with zero attached hydrogens (tertiary/aromatic N) is 2. The second-order valence-corrected chi connectivity index (χ2v) is 8.63. The Kier molecular flexibility index (Phi) is 6.35. The molecule has 0 aliphatic carbocycles. The summed E-state index contributed by atoms with van der Waals surface area (Å²) in [5.41, 5.74) is 1.99. The number of amides is 1. The van der Waals surface area contributed by atoms with Gasteiger partial charge in [-0.1, -0.05) is 30.3 Å². The molecule has 1 fully saturated rings. The number of carbonyl (C=O) groups excluding carboxylic acids is 1. The van der Waals surface area contributed by atoms with Crippen LogP contribution in [0.2, 0.25) is 0 Å². The number of nitrogens with one attached hydrogen (secondary N) is 1. The van der Waals surface area contributed by atoms with Crippen LogP contribution in [0.4, 0.5) is 4.79 Å². The van der Waals surface area contributed by atoms with E-state index in [1.807, 2.05) is 33.2 Å². The van der Waals surface area contributed by atoms with E-state index in [1.165, 1.54) is 11.1 Å². The zero-order valence-corrected chi connectivity index (χ0v) is 17.1. The molecule has 5 heteroatoms. The number of hydrogen-bond acceptors (Lipinski definition) is 4. The fraction of sp³-hybridized carbons (Fsp3) is 0.478. The summed E-state index contributed by atoms with van der Waals surface area (Å²) in [7, 11) is 0. The fourth-order valence-electron chi connectivity index (χ4n) is 3.81. The monoisotopic (exact) mass is 381 g/mol. The van der Waals surface area contributed by atoms with E-state index in [1.54, 1.807) is 0 Å². The lowest BCUT2D eigenvalue weighted by Gasteiger charge is -2.42. The molecule has 1 saturated heterocycles. The van der Waals surface area contributed by atoms with Crippen molar-refractivity contribution in [2.45, 2.75) is 51.2 Å². The van der Waals surface area contributed by atoms with E-state index in [9.17, 15) is 4.79 Å². The first-order valence-electron chi connectivity index (χ1n) is 10.00. The molecule has 0 saturated carbocycles. The van der Waals surface area contributed by atoms with E-state index in [0.29, 0.717) is 6.54 Å². The number of piperidine rings is 1. The van der Waals surface area contributed by atoms with Crippen LogP contribution in [-0.4, -0.2) is 41.2 Å². The molecule has 5 nitrogen and oxygen atoms in total. The van der Waals surface area contributed by atoms with Crippen LogP contribution < -0.4 is 5.32 Å². The molecule has 0 spiro atoms. The lowest BCUT2D eigenvalue weighted by molar-refractivity contribution is 0.0497. The van der Waals surface area contributed by atoms with Crippen LogP contribution in [0.15, 0.2) is 54.9 Å². The minimum absolute atomic E-state index is 0.0902. The third-order valence-corrected chi connectivity index (χ3v) is 5.32. The summed E-state index contributed by atoms with van der Waals surface area (Å²) >= 11 is 0. The molecular formula is C23H31N3O2. The Hall–Kier alpha value is -2.40. The van der Waals surface area contributed by atoms with E-state index >= 15 is 0 Å². The smallest absolute Gasteiger partial charge is 0.407 e. The molecule has 0 bridgehead atoms. The van der Waals surface area contributed by atoms with Crippen molar-refractivity contribution in [3.8, 4) is 0 Å². The van der Waals surface area contributed by atoms with Crippen LogP contribution in [0.5, 0.6) is 0 Å². The number of hydrogen-bond donors (Lipinski definition) is 1. The summed E-state index contributed by atoms with van der Waals surface area (Å²) in [5, 5.41) is 3.01. The maximum absolute atomic E-state index is 12.2. The predicted octanol–water partition coefficient (Wildman–Crippen LogP) is 4.14. The van der Waals surface area contributed by atoms with Gasteiger partial charge in [0, 0.05) is 30.9 Å². The molecule has 0 atom stereocenters. The average Bonchev–Trinajstić information content (AvgIpc) is 2.68. The molecule has 1 N–H and O–H groups in total. The molecule has 1 aromatic carbocycles. The molecule has 28 heavy (non-hydrogen) atoms. The van der Waals surface area contributed by atoms with Crippen LogP contribution in [0.25, 0.3) is 0 Å². The van der Waals surface area contributed by atoms with Gasteiger partial charge in [0.2, 0.25) is 0 Å². The van der Waals surface area contributed by atoms with E-state index in [0.717, 1.165) is 32.5 Å². The zero-order valence-electron chi connectivity index (χ0n) is 17.1. The Morgan fingerprint density at radius 3 is 2.36 bits per heavy atom. The molecule has 3 rings (SSSR count). The number of alkyl carbamates (subject to hydrolysis) is 1. The van der Waals surface area contributed by atoms with Crippen LogP contribution in [0, 0.1) is 0 Å². The van der Waals surface area contributed by atoms with Crippen molar-refractivity contribution < 1.29 is 9.53 Å². The Bertz CT molecular complexity index is 748. The Morgan fingerprint density at radius 2 is 1.75 bits per heavy atom. The minimum Gasteiger partial charge on any atom is -0.444 e. The van der Waals surface area contributed by atoms with Gasteiger partial charge in [-0.3, -0.25) is 9.88 Å². The van der Waals surface area contributed by atoms with E-state index in [4.69, 9.17) is 4.74 Å². The van der Waals surface area contributed by atoms with Crippen molar-refractivity contribution in [2.24, 2.45) is 0 Å². The number of ether oxygens (including phenoxy) is 1. The van der Waals surface area contributed by atoms with Crippen molar-refractivity contribution in [2.75, 3.05) is 19.6 Å². The fourth-order valence-corrected chi connectivity index (χ4v) is 3.81. The van der Waals surface area contributed by atoms with Gasteiger partial charge in [-0.05, 0) is 70.0 Å². The average molecular weight is 382 g/mol. The van der Waals surface area contributed by atoms with Crippen LogP contribution in [0.1, 0.15) is 44.7 Å². The minimum atomic E-state index is -0.493. The number of aromatic nitrogens is 1. The van der Waals surface area contributed by atoms with Gasteiger partial charge >= 0.3 is 6.09 Å². The normalized spacial score (nSPS) is 17.1. The molecule has 1 amide bonds. The van der Waals surface area contributed by atoms with E-state index in [-0.39, 0.29) is 11.5 Å². The molecule has 1 aliphatic rings. The highest BCUT2D eigenvalue weighted by atomic mass is 16.6. The summed E-state index contributed by atoms with van der Waals surface area (Å²) < 4.78 is 5.44. The van der Waals surface area contributed by atoms with Gasteiger partial charge < -0.3 is 10.1 Å². The van der Waals surface area contributed by atoms with Gasteiger partial charge in [0.15, 0.2) is 0 Å². The highest BCUT2D eigenvalue weighted by Crippen LogP contribution is 2.35. The quantitative estimate of drug-likeness (QED) is 0.846. The first-order chi connectivity index (χ1) is 13.4. The zero-order chi connectivity index (χ0) is 20.0. The Morgan fingerprint density at radius 1 is 1.11 bits per heavy atom. The van der Waals surface area contributed by atoms with Gasteiger partial charge in [-0.15, -0.1) is 0 Å². The van der Waals surface area contributed by atoms with Gasteiger partial charge in [-0.2, -0.15) is 0 Å². The van der Waals surface area contributed by atoms with E-state index < -0.39 is 5.60 Å². The van der Waals surface area contributed by atoms with Crippen LogP contribution >= 0.6 is 0 Å². The Labute approximate surface area is 168 Å². The maximum atomic E-state index is 12.2. The highest BCUT2D eigenvalue weighted by Gasteiger charge is 2.37. The standard InChI is InChI=1S/C23H31N3O2/c1-22(2,3)28-21(27)25-18-23(20-9-13-24-14-10-20)11-15-26(16-12-23)17-19-7-5-4-6-8-19/h4-10,13-14H,11-12,15-18H2,1-3H3,(H,25,27). The second-order valence-electron chi connectivity index (χ2n) is 8.63. The molecule has 0 unspecified atom stereocenters. The van der Waals surface area contributed by atoms with Crippen LogP contribution in [0.3, 0.4) is 0 Å². The summed E-state index contributed by atoms with van der Waals surface area (Å²) in [6.07, 6.45) is 5.29. The highest BCUT2D eigenvalue weighted by molar-refractivity contribution is 5.67. The third-order valence-electron chi connectivity index (χ3n) is 5.32. The molecule has 1 aromatic heterocycles. The molecule has 1 aliphatic heterocycles. The van der Waals surface area contributed by atoms with Gasteiger partial charge in [0.1, 0.15) is 5.60 Å². The predicted molar refractivity (Wildman–Crippen MR) is 111 cm³/mol. The van der Waals surface area contributed by atoms with Crippen molar-refractivity contribution >= 4 is 6.09 Å². The molecular weight excluding hydrogens is 350 g/mol. The van der Waals surface area contributed by atoms with E-state index in [2.05, 4.69) is 57.7 Å². The maximum Gasteiger partial charge on any atom is 0.407 e. The second kappa shape index (κ2) is 8.74. The lowest BCUT2D eigenvalue weighted by Crippen LogP contribution is -2.49. The number of rotatable bonds is 5. The first kappa shape index (κ1) is 20.3. The first-order valence-corrected chi connectivity index (χ1v) is 10.00. The van der Waals surface area contributed by atoms with Crippen molar-refractivity contribution in [3.05, 3.63) is 66.0 Å². The van der Waals surface area contributed by atoms with Crippen molar-refractivity contribution in [1.82, 2.24) is 15.2 Å². The number of carbonyl (C=O) groups is 1. The topological polar surface area (TPSA) is 54.5 Å². The number of benzene rings is 1. The summed E-state index contributed by atoms with van der Waals surface area (Å²) in [6, 6.07) is 14.7. The molecule has 0 radical (unpaired) electrons. The summed E-state index contributed by atoms with van der Waals surface area (Å²) in [4.78, 5) is 18.9. The van der Waals surface area contributed by atoms with Gasteiger partial charge in [-0.25, -0.2) is 4.79 Å².